The molecule has 3 aliphatic heterocycles. The number of allylic oxidation sites excluding steroid dienone is 2. The van der Waals surface area contributed by atoms with Crippen molar-refractivity contribution in [2.75, 3.05) is 11.5 Å². The maximum absolute atomic E-state index is 10.3. The maximum atomic E-state index is 10.3. The first-order valence-corrected chi connectivity index (χ1v) is 10.4. The fourth-order valence-electron chi connectivity index (χ4n) is 1.37. The monoisotopic (exact) mass is 348 g/mol. The van der Waals surface area contributed by atoms with Gasteiger partial charge in [-0.2, -0.15) is 0 Å². The van der Waals surface area contributed by atoms with Gasteiger partial charge in [0, 0.05) is 16.4 Å². The molecule has 0 aromatic carbocycles. The van der Waals surface area contributed by atoms with Gasteiger partial charge in [-0.05, 0) is 17.6 Å². The molecule has 0 aliphatic carbocycles. The summed E-state index contributed by atoms with van der Waals surface area (Å²) in [6.45, 7) is 0. The lowest BCUT2D eigenvalue weighted by atomic mass is 10.5. The Morgan fingerprint density at radius 3 is 2.33 bits per heavy atom. The fraction of sp³-hybridized carbons (Fsp3) is 0.182. The Labute approximate surface area is 132 Å². The third-order valence-corrected chi connectivity index (χ3v) is 10.7. The molecule has 0 aromatic heterocycles. The summed E-state index contributed by atoms with van der Waals surface area (Å²) < 4.78 is 5.72. The molecular formula is C11H8OS6. The van der Waals surface area contributed by atoms with E-state index in [0.29, 0.717) is 0 Å². The van der Waals surface area contributed by atoms with Gasteiger partial charge in [-0.1, -0.05) is 47.0 Å². The summed E-state index contributed by atoms with van der Waals surface area (Å²) in [6.07, 6.45) is 4.25. The van der Waals surface area contributed by atoms with E-state index in [-0.39, 0.29) is 0 Å². The Balaban J connectivity index is 1.69. The Kier molecular flexibility index (Phi) is 4.91. The van der Waals surface area contributed by atoms with Gasteiger partial charge < -0.3 is 0 Å². The Morgan fingerprint density at radius 1 is 0.944 bits per heavy atom. The molecule has 3 aliphatic rings. The van der Waals surface area contributed by atoms with E-state index in [0.717, 1.165) is 11.2 Å². The Hall–Kier alpha value is 0.730. The molecule has 0 aromatic rings. The standard InChI is InChI=1S/C11H8OS6/c12-3-1-2-7-6-15-10(16-7)11-17-8-9(18-11)14-5-4-13-8/h1-3,6H,4-5H2/b2-1+. The largest absolute Gasteiger partial charge is 0.299 e. The topological polar surface area (TPSA) is 17.1 Å². The number of hydrogen-bond acceptors (Lipinski definition) is 7. The van der Waals surface area contributed by atoms with Gasteiger partial charge in [0.2, 0.25) is 0 Å². The minimum absolute atomic E-state index is 0.823. The highest BCUT2D eigenvalue weighted by Gasteiger charge is 2.28. The smallest absolute Gasteiger partial charge is 0.142 e. The summed E-state index contributed by atoms with van der Waals surface area (Å²) in [6, 6.07) is 0. The van der Waals surface area contributed by atoms with Crippen LogP contribution in [0.2, 0.25) is 0 Å². The highest BCUT2D eigenvalue weighted by atomic mass is 32.3. The lowest BCUT2D eigenvalue weighted by Gasteiger charge is -2.08. The van der Waals surface area contributed by atoms with Gasteiger partial charge in [0.05, 0.1) is 16.9 Å². The lowest BCUT2D eigenvalue weighted by molar-refractivity contribution is -0.104. The molecule has 18 heavy (non-hydrogen) atoms. The Bertz CT molecular complexity index is 482. The van der Waals surface area contributed by atoms with Crippen LogP contribution in [0.3, 0.4) is 0 Å². The molecule has 0 unspecified atom stereocenters. The van der Waals surface area contributed by atoms with E-state index >= 15 is 0 Å². The van der Waals surface area contributed by atoms with E-state index in [4.69, 9.17) is 0 Å². The number of carbonyl (C=O) groups excluding carboxylic acids is 1. The molecule has 3 rings (SSSR count). The average Bonchev–Trinajstić information content (AvgIpc) is 3.02. The molecule has 0 spiro atoms. The van der Waals surface area contributed by atoms with Crippen LogP contribution in [-0.4, -0.2) is 17.8 Å². The minimum atomic E-state index is 0.823. The molecule has 0 atom stereocenters. The molecule has 3 heterocycles. The van der Waals surface area contributed by atoms with Gasteiger partial charge in [0.15, 0.2) is 0 Å². The van der Waals surface area contributed by atoms with E-state index in [1.165, 1.54) is 28.5 Å². The first kappa shape index (κ1) is 13.7. The zero-order chi connectivity index (χ0) is 12.4. The third-order valence-electron chi connectivity index (χ3n) is 2.09. The molecule has 0 radical (unpaired) electrons. The summed E-state index contributed by atoms with van der Waals surface area (Å²) in [7, 11) is 0. The lowest BCUT2D eigenvalue weighted by Crippen LogP contribution is -1.88. The number of carbonyl (C=O) groups is 1. The molecule has 0 saturated carbocycles. The maximum Gasteiger partial charge on any atom is 0.142 e. The van der Waals surface area contributed by atoms with Crippen LogP contribution in [0, 0.1) is 0 Å². The van der Waals surface area contributed by atoms with Crippen molar-refractivity contribution in [3.63, 3.8) is 0 Å². The number of rotatable bonds is 2. The van der Waals surface area contributed by atoms with Gasteiger partial charge in [-0.3, -0.25) is 4.79 Å². The van der Waals surface area contributed by atoms with Crippen molar-refractivity contribution < 1.29 is 4.79 Å². The predicted octanol–water partition coefficient (Wildman–Crippen LogP) is 5.28. The zero-order valence-electron chi connectivity index (χ0n) is 9.08. The highest BCUT2D eigenvalue weighted by molar-refractivity contribution is 8.43. The first-order valence-electron chi connectivity index (χ1n) is 5.13. The Morgan fingerprint density at radius 2 is 1.67 bits per heavy atom. The summed E-state index contributed by atoms with van der Waals surface area (Å²) in [4.78, 5) is 11.5. The van der Waals surface area contributed by atoms with E-state index in [1.54, 1.807) is 29.6 Å². The van der Waals surface area contributed by atoms with Crippen LogP contribution in [0.1, 0.15) is 0 Å². The van der Waals surface area contributed by atoms with Gasteiger partial charge in [0.25, 0.3) is 0 Å². The predicted molar refractivity (Wildman–Crippen MR) is 92.6 cm³/mol. The SMILES string of the molecule is O=C/C=C/C1=CSC(=C2SC3=C(SCCS3)S2)S1. The van der Waals surface area contributed by atoms with Crippen molar-refractivity contribution in [1.29, 1.82) is 0 Å². The van der Waals surface area contributed by atoms with Crippen molar-refractivity contribution in [2.24, 2.45) is 0 Å². The minimum Gasteiger partial charge on any atom is -0.299 e. The van der Waals surface area contributed by atoms with Crippen molar-refractivity contribution in [1.82, 2.24) is 0 Å². The fourth-order valence-corrected chi connectivity index (χ4v) is 9.81. The molecule has 94 valence electrons. The van der Waals surface area contributed by atoms with Gasteiger partial charge >= 0.3 is 0 Å². The van der Waals surface area contributed by atoms with Crippen LogP contribution in [0.4, 0.5) is 0 Å². The highest BCUT2D eigenvalue weighted by Crippen LogP contribution is 2.63. The van der Waals surface area contributed by atoms with Crippen LogP contribution in [0.5, 0.6) is 0 Å². The molecule has 0 amide bonds. The van der Waals surface area contributed by atoms with Gasteiger partial charge in [0.1, 0.15) is 6.29 Å². The number of aldehydes is 1. The van der Waals surface area contributed by atoms with Crippen molar-refractivity contribution in [3.05, 3.63) is 39.4 Å². The van der Waals surface area contributed by atoms with E-state index in [9.17, 15) is 4.79 Å². The summed E-state index contributed by atoms with van der Waals surface area (Å²) in [5, 5.41) is 2.12. The molecule has 0 fully saturated rings. The summed E-state index contributed by atoms with van der Waals surface area (Å²) in [5.74, 6) is 2.46. The quantitative estimate of drug-likeness (QED) is 0.492. The molecule has 0 bridgehead atoms. The third kappa shape index (κ3) is 3.07. The van der Waals surface area contributed by atoms with Crippen LogP contribution < -0.4 is 0 Å². The molecule has 7 heteroatoms. The second-order valence-corrected chi connectivity index (χ2v) is 10.5. The molecule has 1 nitrogen and oxygen atoms in total. The number of hydrogen-bond donors (Lipinski definition) is 0. The first-order chi connectivity index (χ1) is 8.86. The normalized spacial score (nSPS) is 23.9. The van der Waals surface area contributed by atoms with E-state index < -0.39 is 0 Å². The van der Waals surface area contributed by atoms with Crippen LogP contribution in [0.25, 0.3) is 0 Å². The van der Waals surface area contributed by atoms with Gasteiger partial charge in [-0.25, -0.2) is 0 Å². The molecule has 0 saturated heterocycles. The zero-order valence-corrected chi connectivity index (χ0v) is 14.0. The molecule has 0 N–H and O–H groups in total. The van der Waals surface area contributed by atoms with Crippen molar-refractivity contribution in [2.45, 2.75) is 0 Å². The number of thioether (sulfide) groups is 6. The van der Waals surface area contributed by atoms with Crippen molar-refractivity contribution >= 4 is 76.9 Å². The van der Waals surface area contributed by atoms with Crippen LogP contribution >= 0.6 is 70.6 Å². The van der Waals surface area contributed by atoms with Crippen molar-refractivity contribution in [3.8, 4) is 0 Å². The second-order valence-electron chi connectivity index (χ2n) is 3.29. The summed E-state index contributed by atoms with van der Waals surface area (Å²) in [5.41, 5.74) is 0. The molecular weight excluding hydrogens is 341 g/mol. The van der Waals surface area contributed by atoms with E-state index in [1.807, 2.05) is 53.1 Å². The van der Waals surface area contributed by atoms with Crippen LogP contribution in [0.15, 0.2) is 39.4 Å². The summed E-state index contributed by atoms with van der Waals surface area (Å²) >= 11 is 11.3. The van der Waals surface area contributed by atoms with E-state index in [2.05, 4.69) is 5.41 Å². The van der Waals surface area contributed by atoms with Crippen LogP contribution in [-0.2, 0) is 4.79 Å². The second kappa shape index (κ2) is 6.45. The average molecular weight is 349 g/mol. The van der Waals surface area contributed by atoms with Gasteiger partial charge in [-0.15, -0.1) is 23.5 Å².